The number of sulfone groups is 1. The molecule has 14 heavy (non-hydrogen) atoms. The van der Waals surface area contributed by atoms with Crippen LogP contribution in [0.2, 0.25) is 0 Å². The van der Waals surface area contributed by atoms with E-state index in [-0.39, 0.29) is 11.5 Å². The van der Waals surface area contributed by atoms with E-state index in [0.29, 0.717) is 6.42 Å². The first-order chi connectivity index (χ1) is 6.52. The highest BCUT2D eigenvalue weighted by molar-refractivity contribution is 7.91. The third-order valence-corrected chi connectivity index (χ3v) is 3.36. The first kappa shape index (κ1) is 13.2. The molecule has 2 nitrogen and oxygen atoms in total. The Labute approximate surface area is 86.9 Å². The van der Waals surface area contributed by atoms with Gasteiger partial charge in [-0.25, -0.2) is 8.42 Å². The maximum absolute atomic E-state index is 11.3. The molecular weight excluding hydrogens is 196 g/mol. The van der Waals surface area contributed by atoms with E-state index in [1.165, 1.54) is 0 Å². The van der Waals surface area contributed by atoms with Crippen molar-refractivity contribution in [1.29, 1.82) is 0 Å². The molecule has 0 saturated heterocycles. The molecule has 0 rings (SSSR count). The number of rotatable bonds is 6. The molecule has 0 unspecified atom stereocenters. The molecule has 3 heteroatoms. The molecular formula is C11H18O2S. The standard InChI is InChI=1S/C11H18O2S/c1-4-7-11(3)8-6-10-14(12,13)9-5-2/h4,6-8H,1,5,9-10H2,2-3H3/b8-6-,11-7-. The van der Waals surface area contributed by atoms with Crippen LogP contribution in [0.15, 0.2) is 36.5 Å². The highest BCUT2D eigenvalue weighted by atomic mass is 32.2. The van der Waals surface area contributed by atoms with Crippen molar-refractivity contribution in [2.45, 2.75) is 20.3 Å². The lowest BCUT2D eigenvalue weighted by atomic mass is 10.2. The van der Waals surface area contributed by atoms with Gasteiger partial charge >= 0.3 is 0 Å². The molecule has 0 aliphatic carbocycles. The van der Waals surface area contributed by atoms with Crippen molar-refractivity contribution >= 4 is 9.84 Å². The summed E-state index contributed by atoms with van der Waals surface area (Å²) in [7, 11) is -2.88. The molecule has 0 aliphatic rings. The van der Waals surface area contributed by atoms with Gasteiger partial charge in [0.1, 0.15) is 0 Å². The minimum atomic E-state index is -2.88. The zero-order valence-corrected chi connectivity index (χ0v) is 9.68. The summed E-state index contributed by atoms with van der Waals surface area (Å²) in [5, 5.41) is 0. The van der Waals surface area contributed by atoms with Crippen LogP contribution >= 0.6 is 0 Å². The van der Waals surface area contributed by atoms with Gasteiger partial charge in [0.25, 0.3) is 0 Å². The fraction of sp³-hybridized carbons (Fsp3) is 0.455. The van der Waals surface area contributed by atoms with Crippen LogP contribution in [0, 0.1) is 0 Å². The highest BCUT2D eigenvalue weighted by Gasteiger charge is 2.05. The van der Waals surface area contributed by atoms with Crippen LogP contribution in [0.25, 0.3) is 0 Å². The molecule has 0 aromatic rings. The second-order valence-corrected chi connectivity index (χ2v) is 5.39. The SMILES string of the molecule is C=C/C=C(C)\C=C/CS(=O)(=O)CCC. The van der Waals surface area contributed by atoms with Gasteiger partial charge < -0.3 is 0 Å². The summed E-state index contributed by atoms with van der Waals surface area (Å²) >= 11 is 0. The number of hydrogen-bond acceptors (Lipinski definition) is 2. The smallest absolute Gasteiger partial charge is 0.153 e. The molecule has 0 spiro atoms. The van der Waals surface area contributed by atoms with Gasteiger partial charge in [0.2, 0.25) is 0 Å². The second-order valence-electron chi connectivity index (χ2n) is 3.16. The molecule has 0 atom stereocenters. The van der Waals surface area contributed by atoms with Crippen molar-refractivity contribution < 1.29 is 8.42 Å². The predicted octanol–water partition coefficient (Wildman–Crippen LogP) is 2.50. The minimum Gasteiger partial charge on any atom is -0.229 e. The van der Waals surface area contributed by atoms with Gasteiger partial charge in [0, 0.05) is 0 Å². The summed E-state index contributed by atoms with van der Waals surface area (Å²) in [5.74, 6) is 0.394. The van der Waals surface area contributed by atoms with Crippen molar-refractivity contribution in [1.82, 2.24) is 0 Å². The predicted molar refractivity (Wildman–Crippen MR) is 62.0 cm³/mol. The average molecular weight is 214 g/mol. The maximum Gasteiger partial charge on any atom is 0.153 e. The van der Waals surface area contributed by atoms with E-state index in [4.69, 9.17) is 0 Å². The van der Waals surface area contributed by atoms with Crippen LogP contribution in [0.3, 0.4) is 0 Å². The van der Waals surface area contributed by atoms with Crippen molar-refractivity contribution in [2.75, 3.05) is 11.5 Å². The first-order valence-electron chi connectivity index (χ1n) is 4.68. The first-order valence-corrected chi connectivity index (χ1v) is 6.50. The Morgan fingerprint density at radius 3 is 2.57 bits per heavy atom. The summed E-state index contributed by atoms with van der Waals surface area (Å²) in [5.41, 5.74) is 1.01. The zero-order valence-electron chi connectivity index (χ0n) is 8.86. The second kappa shape index (κ2) is 6.60. The third kappa shape index (κ3) is 6.66. The normalized spacial score (nSPS) is 13.4. The zero-order chi connectivity index (χ0) is 11.0. The molecule has 0 amide bonds. The van der Waals surface area contributed by atoms with E-state index in [0.717, 1.165) is 5.57 Å². The lowest BCUT2D eigenvalue weighted by molar-refractivity contribution is 0.597. The quantitative estimate of drug-likeness (QED) is 0.637. The third-order valence-electron chi connectivity index (χ3n) is 1.63. The number of allylic oxidation sites excluding steroid dienone is 4. The van der Waals surface area contributed by atoms with Crippen molar-refractivity contribution in [2.24, 2.45) is 0 Å². The Balaban J connectivity index is 4.18. The fourth-order valence-corrected chi connectivity index (χ4v) is 2.19. The van der Waals surface area contributed by atoms with Crippen molar-refractivity contribution in [3.05, 3.63) is 36.5 Å². The van der Waals surface area contributed by atoms with E-state index < -0.39 is 9.84 Å². The summed E-state index contributed by atoms with van der Waals surface area (Å²) < 4.78 is 22.6. The molecule has 0 aromatic heterocycles. The molecule has 0 heterocycles. The Hall–Kier alpha value is -0.830. The summed E-state index contributed by atoms with van der Waals surface area (Å²) in [6, 6.07) is 0. The molecule has 0 aromatic carbocycles. The molecule has 0 radical (unpaired) electrons. The van der Waals surface area contributed by atoms with Gasteiger partial charge in [-0.2, -0.15) is 0 Å². The number of hydrogen-bond donors (Lipinski definition) is 0. The van der Waals surface area contributed by atoms with Gasteiger partial charge in [-0.1, -0.05) is 43.4 Å². The molecule has 80 valence electrons. The molecule has 0 aliphatic heterocycles. The van der Waals surface area contributed by atoms with Crippen molar-refractivity contribution in [3.63, 3.8) is 0 Å². The Morgan fingerprint density at radius 1 is 1.43 bits per heavy atom. The van der Waals surface area contributed by atoms with Crippen LogP contribution < -0.4 is 0 Å². The van der Waals surface area contributed by atoms with Crippen LogP contribution in [-0.4, -0.2) is 19.9 Å². The van der Waals surface area contributed by atoms with Crippen molar-refractivity contribution in [3.8, 4) is 0 Å². The van der Waals surface area contributed by atoms with Gasteiger partial charge in [-0.05, 0) is 13.3 Å². The van der Waals surface area contributed by atoms with Gasteiger partial charge in [-0.3, -0.25) is 0 Å². The van der Waals surface area contributed by atoms with E-state index >= 15 is 0 Å². The highest BCUT2D eigenvalue weighted by Crippen LogP contribution is 1.98. The van der Waals surface area contributed by atoms with E-state index in [9.17, 15) is 8.42 Å². The van der Waals surface area contributed by atoms with E-state index in [2.05, 4.69) is 6.58 Å². The Kier molecular flexibility index (Phi) is 6.21. The Bertz CT molecular complexity index is 321. The fourth-order valence-electron chi connectivity index (χ4n) is 1.02. The monoisotopic (exact) mass is 214 g/mol. The summed E-state index contributed by atoms with van der Waals surface area (Å²) in [6.07, 6.45) is 7.68. The van der Waals surface area contributed by atoms with Gasteiger partial charge in [-0.15, -0.1) is 0 Å². The Morgan fingerprint density at radius 2 is 2.07 bits per heavy atom. The molecule has 0 N–H and O–H groups in total. The van der Waals surface area contributed by atoms with Crippen LogP contribution in [0.5, 0.6) is 0 Å². The minimum absolute atomic E-state index is 0.128. The van der Waals surface area contributed by atoms with Gasteiger partial charge in [0.15, 0.2) is 9.84 Å². The van der Waals surface area contributed by atoms with Crippen LogP contribution in [0.4, 0.5) is 0 Å². The lowest BCUT2D eigenvalue weighted by Gasteiger charge is -1.96. The van der Waals surface area contributed by atoms with E-state index in [1.54, 1.807) is 18.2 Å². The average Bonchev–Trinajstić information content (AvgIpc) is 2.03. The van der Waals surface area contributed by atoms with Crippen LogP contribution in [-0.2, 0) is 9.84 Å². The van der Waals surface area contributed by atoms with Gasteiger partial charge in [0.05, 0.1) is 11.5 Å². The molecule has 0 bridgehead atoms. The lowest BCUT2D eigenvalue weighted by Crippen LogP contribution is -2.08. The maximum atomic E-state index is 11.3. The topological polar surface area (TPSA) is 34.1 Å². The summed E-state index contributed by atoms with van der Waals surface area (Å²) in [4.78, 5) is 0. The molecule has 0 fully saturated rings. The summed E-state index contributed by atoms with van der Waals surface area (Å²) in [6.45, 7) is 7.33. The molecule has 0 saturated carbocycles. The largest absolute Gasteiger partial charge is 0.229 e. The van der Waals surface area contributed by atoms with Crippen LogP contribution in [0.1, 0.15) is 20.3 Å². The van der Waals surface area contributed by atoms with E-state index in [1.807, 2.05) is 19.9 Å².